The van der Waals surface area contributed by atoms with E-state index >= 15 is 0 Å². The molecule has 5 nitrogen and oxygen atoms in total. The number of Topliss-reactive ketones (excluding diaryl/α,β-unsaturated/α-hetero) is 1. The average Bonchev–Trinajstić information content (AvgIpc) is 3.05. The molecule has 1 aromatic heterocycles. The first kappa shape index (κ1) is 16.9. The quantitative estimate of drug-likeness (QED) is 0.767. The maximum atomic E-state index is 13.3. The van der Waals surface area contributed by atoms with Gasteiger partial charge in [0.1, 0.15) is 11.6 Å². The molecular weight excluding hydrogens is 355 g/mol. The highest BCUT2D eigenvalue weighted by molar-refractivity contribution is 7.89. The second-order valence-electron chi connectivity index (χ2n) is 6.40. The van der Waals surface area contributed by atoms with Crippen LogP contribution in [0.2, 0.25) is 0 Å². The van der Waals surface area contributed by atoms with Crippen molar-refractivity contribution in [2.75, 3.05) is 13.1 Å². The Morgan fingerprint density at radius 1 is 1.08 bits per heavy atom. The summed E-state index contributed by atoms with van der Waals surface area (Å²) in [4.78, 5) is 14.8. The van der Waals surface area contributed by atoms with Crippen LogP contribution in [0.1, 0.15) is 12.8 Å². The number of nitrogens with one attached hydrogen (secondary N) is 1. The zero-order chi connectivity index (χ0) is 18.3. The lowest BCUT2D eigenvalue weighted by atomic mass is 10.1. The van der Waals surface area contributed by atoms with Crippen LogP contribution < -0.4 is 0 Å². The average molecular weight is 372 g/mol. The monoisotopic (exact) mass is 372 g/mol. The summed E-state index contributed by atoms with van der Waals surface area (Å²) < 4.78 is 40.0. The number of hydrogen-bond donors (Lipinski definition) is 1. The molecule has 26 heavy (non-hydrogen) atoms. The van der Waals surface area contributed by atoms with Crippen molar-refractivity contribution in [1.82, 2.24) is 9.29 Å². The van der Waals surface area contributed by atoms with Crippen molar-refractivity contribution in [3.8, 4) is 11.1 Å². The van der Waals surface area contributed by atoms with Crippen LogP contribution in [0.4, 0.5) is 4.39 Å². The summed E-state index contributed by atoms with van der Waals surface area (Å²) in [5, 5.41) is 0.864. The maximum absolute atomic E-state index is 13.3. The first-order chi connectivity index (χ1) is 12.4. The Bertz CT molecular complexity index is 1090. The number of rotatable bonds is 3. The van der Waals surface area contributed by atoms with Crippen LogP contribution in [-0.4, -0.2) is 36.6 Å². The number of carbonyl (C=O) groups excluding carboxylic acids is 1. The molecule has 0 spiro atoms. The largest absolute Gasteiger partial charge is 0.360 e. The number of fused-ring (bicyclic) bond motifs is 1. The van der Waals surface area contributed by atoms with E-state index in [0.29, 0.717) is 24.9 Å². The Morgan fingerprint density at radius 3 is 2.58 bits per heavy atom. The second kappa shape index (κ2) is 6.34. The van der Waals surface area contributed by atoms with Crippen molar-refractivity contribution in [3.05, 3.63) is 54.5 Å². The molecule has 0 atom stereocenters. The number of sulfonamides is 1. The van der Waals surface area contributed by atoms with E-state index in [0.717, 1.165) is 16.5 Å². The summed E-state index contributed by atoms with van der Waals surface area (Å²) in [7, 11) is -3.67. The fourth-order valence-electron chi connectivity index (χ4n) is 3.31. The third-order valence-electron chi connectivity index (χ3n) is 4.66. The lowest BCUT2D eigenvalue weighted by Crippen LogP contribution is -2.40. The van der Waals surface area contributed by atoms with E-state index in [2.05, 4.69) is 4.98 Å². The van der Waals surface area contributed by atoms with Crippen molar-refractivity contribution in [2.45, 2.75) is 17.7 Å². The van der Waals surface area contributed by atoms with Crippen molar-refractivity contribution in [2.24, 2.45) is 0 Å². The molecule has 1 fully saturated rings. The molecule has 0 radical (unpaired) electrons. The van der Waals surface area contributed by atoms with Gasteiger partial charge in [0.25, 0.3) is 0 Å². The molecular formula is C19H17FN2O3S. The Hall–Kier alpha value is -2.51. The predicted octanol–water partition coefficient (Wildman–Crippen LogP) is 3.33. The topological polar surface area (TPSA) is 70.2 Å². The fraction of sp³-hybridized carbons (Fsp3) is 0.211. The van der Waals surface area contributed by atoms with E-state index in [1.165, 1.54) is 16.4 Å². The zero-order valence-corrected chi connectivity index (χ0v) is 14.7. The maximum Gasteiger partial charge on any atom is 0.243 e. The summed E-state index contributed by atoms with van der Waals surface area (Å²) in [6.45, 7) is 0.307. The van der Waals surface area contributed by atoms with Gasteiger partial charge in [0.15, 0.2) is 0 Å². The lowest BCUT2D eigenvalue weighted by molar-refractivity contribution is -0.120. The Labute approximate surface area is 150 Å². The number of piperidine rings is 1. The summed E-state index contributed by atoms with van der Waals surface area (Å²) in [5.41, 5.74) is 2.39. The lowest BCUT2D eigenvalue weighted by Gasteiger charge is -2.25. The van der Waals surface area contributed by atoms with Gasteiger partial charge in [0.2, 0.25) is 10.0 Å². The summed E-state index contributed by atoms with van der Waals surface area (Å²) >= 11 is 0. The normalized spacial score (nSPS) is 16.3. The Morgan fingerprint density at radius 2 is 1.85 bits per heavy atom. The highest BCUT2D eigenvalue weighted by Crippen LogP contribution is 2.30. The Balaban J connectivity index is 1.67. The number of nitrogens with zero attached hydrogens (tertiary/aromatic N) is 1. The van der Waals surface area contributed by atoms with Crippen molar-refractivity contribution >= 4 is 26.7 Å². The van der Waals surface area contributed by atoms with Gasteiger partial charge in [0.05, 0.1) is 11.4 Å². The van der Waals surface area contributed by atoms with Gasteiger partial charge < -0.3 is 4.98 Å². The molecule has 1 saturated heterocycles. The smallest absolute Gasteiger partial charge is 0.243 e. The van der Waals surface area contributed by atoms with Gasteiger partial charge in [-0.15, -0.1) is 0 Å². The Kier molecular flexibility index (Phi) is 4.13. The zero-order valence-electron chi connectivity index (χ0n) is 13.9. The van der Waals surface area contributed by atoms with E-state index in [1.807, 2.05) is 0 Å². The standard InChI is InChI=1S/C19H17FN2O3S/c20-14-5-8-17-18(11-21-19(17)10-14)13-3-6-16(7-4-13)26(24,25)22-9-1-2-15(23)12-22/h3-8,10-11,21H,1-2,9,12H2. The molecule has 2 heterocycles. The summed E-state index contributed by atoms with van der Waals surface area (Å²) in [6.07, 6.45) is 2.77. The molecule has 4 rings (SSSR count). The number of halogens is 1. The van der Waals surface area contributed by atoms with Crippen molar-refractivity contribution in [3.63, 3.8) is 0 Å². The number of benzene rings is 2. The van der Waals surface area contributed by atoms with Gasteiger partial charge in [0, 0.05) is 35.6 Å². The number of hydrogen-bond acceptors (Lipinski definition) is 3. The van der Waals surface area contributed by atoms with Gasteiger partial charge in [-0.3, -0.25) is 4.79 Å². The SMILES string of the molecule is O=C1CCCN(S(=O)(=O)c2ccc(-c3c[nH]c4cc(F)ccc34)cc2)C1. The van der Waals surface area contributed by atoms with Crippen LogP contribution in [-0.2, 0) is 14.8 Å². The predicted molar refractivity (Wildman–Crippen MR) is 96.7 cm³/mol. The van der Waals surface area contributed by atoms with Crippen LogP contribution in [0.5, 0.6) is 0 Å². The minimum absolute atomic E-state index is 0.0533. The van der Waals surface area contributed by atoms with Crippen LogP contribution in [0, 0.1) is 5.82 Å². The van der Waals surface area contributed by atoms with Gasteiger partial charge in [-0.2, -0.15) is 4.31 Å². The number of aromatic amines is 1. The molecule has 0 aliphatic carbocycles. The molecule has 0 bridgehead atoms. The molecule has 1 aliphatic heterocycles. The van der Waals surface area contributed by atoms with E-state index in [-0.39, 0.29) is 23.0 Å². The molecule has 0 amide bonds. The molecule has 0 saturated carbocycles. The van der Waals surface area contributed by atoms with Gasteiger partial charge in [-0.25, -0.2) is 12.8 Å². The van der Waals surface area contributed by atoms with Crippen molar-refractivity contribution < 1.29 is 17.6 Å². The van der Waals surface area contributed by atoms with E-state index in [1.54, 1.807) is 36.5 Å². The van der Waals surface area contributed by atoms with E-state index in [4.69, 9.17) is 0 Å². The number of H-pyrrole nitrogens is 1. The third-order valence-corrected chi connectivity index (χ3v) is 6.52. The van der Waals surface area contributed by atoms with E-state index < -0.39 is 10.0 Å². The summed E-state index contributed by atoms with van der Waals surface area (Å²) in [5.74, 6) is -0.370. The molecule has 3 aromatic rings. The van der Waals surface area contributed by atoms with Crippen LogP contribution in [0.25, 0.3) is 22.0 Å². The van der Waals surface area contributed by atoms with Gasteiger partial charge in [-0.05, 0) is 42.3 Å². The first-order valence-electron chi connectivity index (χ1n) is 8.34. The molecule has 0 unspecified atom stereocenters. The van der Waals surface area contributed by atoms with Gasteiger partial charge in [-0.1, -0.05) is 12.1 Å². The van der Waals surface area contributed by atoms with Crippen LogP contribution in [0.15, 0.2) is 53.6 Å². The number of ketones is 1. The number of aromatic nitrogens is 1. The minimum Gasteiger partial charge on any atom is -0.360 e. The molecule has 1 aliphatic rings. The van der Waals surface area contributed by atoms with Crippen molar-refractivity contribution in [1.29, 1.82) is 0 Å². The van der Waals surface area contributed by atoms with Crippen LogP contribution >= 0.6 is 0 Å². The second-order valence-corrected chi connectivity index (χ2v) is 8.34. The molecule has 2 aromatic carbocycles. The highest BCUT2D eigenvalue weighted by atomic mass is 32.2. The van der Waals surface area contributed by atoms with Gasteiger partial charge >= 0.3 is 0 Å². The minimum atomic E-state index is -3.67. The molecule has 134 valence electrons. The third kappa shape index (κ3) is 2.93. The summed E-state index contributed by atoms with van der Waals surface area (Å²) in [6, 6.07) is 11.1. The highest BCUT2D eigenvalue weighted by Gasteiger charge is 2.29. The number of carbonyl (C=O) groups is 1. The van der Waals surface area contributed by atoms with Crippen LogP contribution in [0.3, 0.4) is 0 Å². The van der Waals surface area contributed by atoms with E-state index in [9.17, 15) is 17.6 Å². The fourth-order valence-corrected chi connectivity index (χ4v) is 4.77. The molecule has 7 heteroatoms. The first-order valence-corrected chi connectivity index (χ1v) is 9.78. The molecule has 1 N–H and O–H groups in total.